The van der Waals surface area contributed by atoms with Gasteiger partial charge in [-0.2, -0.15) is 0 Å². The van der Waals surface area contributed by atoms with Crippen LogP contribution in [0.15, 0.2) is 60.7 Å². The van der Waals surface area contributed by atoms with Crippen molar-refractivity contribution in [1.29, 1.82) is 0 Å². The van der Waals surface area contributed by atoms with Gasteiger partial charge in [0, 0.05) is 12.6 Å². The summed E-state index contributed by atoms with van der Waals surface area (Å²) in [5.74, 6) is 1.19. The van der Waals surface area contributed by atoms with Gasteiger partial charge in [-0.3, -0.25) is 9.48 Å². The van der Waals surface area contributed by atoms with Crippen molar-refractivity contribution in [3.05, 3.63) is 77.5 Å². The van der Waals surface area contributed by atoms with E-state index in [2.05, 4.69) is 5.10 Å². The Hall–Kier alpha value is -3.28. The van der Waals surface area contributed by atoms with Gasteiger partial charge in [-0.05, 0) is 24.6 Å². The molecule has 1 aliphatic heterocycles. The largest absolute Gasteiger partial charge is 0.493 e. The summed E-state index contributed by atoms with van der Waals surface area (Å²) >= 11 is 0. The highest BCUT2D eigenvalue weighted by Gasteiger charge is 2.25. The van der Waals surface area contributed by atoms with Crippen LogP contribution in [0.25, 0.3) is 0 Å². The van der Waals surface area contributed by atoms with Crippen molar-refractivity contribution >= 4 is 5.91 Å². The van der Waals surface area contributed by atoms with Gasteiger partial charge in [0.2, 0.25) is 5.88 Å². The lowest BCUT2D eigenvalue weighted by atomic mass is 10.1. The molecule has 3 aromatic rings. The number of nitrogens with zero attached hydrogens (tertiary/aromatic N) is 3. The molecule has 144 valence electrons. The molecule has 1 aliphatic rings. The zero-order chi connectivity index (χ0) is 19.3. The molecule has 0 saturated carbocycles. The normalized spacial score (nSPS) is 13.1. The third-order valence-electron chi connectivity index (χ3n) is 4.71. The Bertz CT molecular complexity index is 953. The van der Waals surface area contributed by atoms with E-state index in [0.717, 1.165) is 11.3 Å². The van der Waals surface area contributed by atoms with E-state index in [-0.39, 0.29) is 5.91 Å². The number of aromatic nitrogens is 2. The van der Waals surface area contributed by atoms with Gasteiger partial charge in [-0.25, -0.2) is 0 Å². The van der Waals surface area contributed by atoms with Crippen LogP contribution in [-0.4, -0.2) is 33.7 Å². The van der Waals surface area contributed by atoms with Crippen molar-refractivity contribution < 1.29 is 14.3 Å². The molecule has 6 heteroatoms. The molecule has 0 radical (unpaired) electrons. The Balaban J connectivity index is 1.45. The first-order chi connectivity index (χ1) is 13.7. The minimum absolute atomic E-state index is 0.0248. The molecule has 6 nitrogen and oxygen atoms in total. The highest BCUT2D eigenvalue weighted by Crippen LogP contribution is 2.24. The molecule has 0 unspecified atom stereocenters. The average Bonchev–Trinajstić information content (AvgIpc) is 3.15. The maximum atomic E-state index is 13.0. The molecule has 0 atom stereocenters. The topological polar surface area (TPSA) is 56.6 Å². The third kappa shape index (κ3) is 3.86. The minimum atomic E-state index is -0.0248. The number of carbonyl (C=O) groups excluding carboxylic acids is 1. The van der Waals surface area contributed by atoms with Gasteiger partial charge in [0.25, 0.3) is 5.91 Å². The summed E-state index contributed by atoms with van der Waals surface area (Å²) in [5, 5.41) is 4.51. The summed E-state index contributed by atoms with van der Waals surface area (Å²) in [6.07, 6.45) is 0. The molecule has 0 aliphatic carbocycles. The van der Waals surface area contributed by atoms with Crippen LogP contribution in [0.2, 0.25) is 0 Å². The lowest BCUT2D eigenvalue weighted by molar-refractivity contribution is 0.0702. The fourth-order valence-corrected chi connectivity index (χ4v) is 3.31. The Morgan fingerprint density at radius 1 is 1.04 bits per heavy atom. The first-order valence-electron chi connectivity index (χ1n) is 9.49. The van der Waals surface area contributed by atoms with E-state index in [1.165, 1.54) is 0 Å². The molecule has 28 heavy (non-hydrogen) atoms. The van der Waals surface area contributed by atoms with Crippen LogP contribution in [0.3, 0.4) is 0 Å². The van der Waals surface area contributed by atoms with Crippen LogP contribution in [0.1, 0.15) is 28.5 Å². The number of fused-ring (bicyclic) bond motifs is 1. The zero-order valence-corrected chi connectivity index (χ0v) is 15.9. The number of para-hydroxylation sites is 1. The van der Waals surface area contributed by atoms with Crippen LogP contribution in [0.5, 0.6) is 11.6 Å². The second-order valence-electron chi connectivity index (χ2n) is 6.63. The smallest absolute Gasteiger partial charge is 0.258 e. The number of benzene rings is 2. The van der Waals surface area contributed by atoms with Gasteiger partial charge < -0.3 is 14.4 Å². The Labute approximate surface area is 164 Å². The number of rotatable bonds is 6. The van der Waals surface area contributed by atoms with E-state index in [4.69, 9.17) is 9.47 Å². The SMILES string of the molecule is CCOc1ccccc1C(=O)N1CCn2nc(OCc3ccccc3)cc2C1. The number of hydrogen-bond donors (Lipinski definition) is 0. The second kappa shape index (κ2) is 8.17. The molecule has 0 N–H and O–H groups in total. The van der Waals surface area contributed by atoms with E-state index in [1.54, 1.807) is 0 Å². The number of carbonyl (C=O) groups is 1. The van der Waals surface area contributed by atoms with Crippen LogP contribution >= 0.6 is 0 Å². The van der Waals surface area contributed by atoms with Gasteiger partial charge in [0.15, 0.2) is 0 Å². The Morgan fingerprint density at radius 2 is 1.82 bits per heavy atom. The van der Waals surface area contributed by atoms with Crippen LogP contribution in [-0.2, 0) is 19.7 Å². The van der Waals surface area contributed by atoms with Gasteiger partial charge >= 0.3 is 0 Å². The quantitative estimate of drug-likeness (QED) is 0.660. The monoisotopic (exact) mass is 377 g/mol. The summed E-state index contributed by atoms with van der Waals surface area (Å²) < 4.78 is 13.3. The van der Waals surface area contributed by atoms with Crippen LogP contribution in [0, 0.1) is 0 Å². The van der Waals surface area contributed by atoms with Crippen molar-refractivity contribution in [3.63, 3.8) is 0 Å². The molecule has 2 heterocycles. The lowest BCUT2D eigenvalue weighted by Crippen LogP contribution is -2.38. The van der Waals surface area contributed by atoms with Crippen LogP contribution < -0.4 is 9.47 Å². The molecule has 0 saturated heterocycles. The van der Waals surface area contributed by atoms with E-state index in [0.29, 0.717) is 50.0 Å². The Morgan fingerprint density at radius 3 is 2.64 bits per heavy atom. The molecule has 1 amide bonds. The maximum Gasteiger partial charge on any atom is 0.258 e. The summed E-state index contributed by atoms with van der Waals surface area (Å²) in [5.41, 5.74) is 2.66. The third-order valence-corrected chi connectivity index (χ3v) is 4.71. The minimum Gasteiger partial charge on any atom is -0.493 e. The number of ether oxygens (including phenoxy) is 2. The molecular formula is C22H23N3O3. The van der Waals surface area contributed by atoms with Gasteiger partial charge in [0.05, 0.1) is 31.0 Å². The standard InChI is InChI=1S/C22H23N3O3/c1-2-27-20-11-7-6-10-19(20)22(26)24-12-13-25-18(15-24)14-21(23-25)28-16-17-8-4-3-5-9-17/h3-11,14H,2,12-13,15-16H2,1H3. The maximum absolute atomic E-state index is 13.0. The lowest BCUT2D eigenvalue weighted by Gasteiger charge is -2.28. The molecular weight excluding hydrogens is 354 g/mol. The molecule has 0 bridgehead atoms. The van der Waals surface area contributed by atoms with Crippen molar-refractivity contribution in [2.75, 3.05) is 13.2 Å². The molecule has 0 fully saturated rings. The van der Waals surface area contributed by atoms with Crippen molar-refractivity contribution in [3.8, 4) is 11.6 Å². The second-order valence-corrected chi connectivity index (χ2v) is 6.63. The number of hydrogen-bond acceptors (Lipinski definition) is 4. The van der Waals surface area contributed by atoms with Crippen molar-refractivity contribution in [2.45, 2.75) is 26.6 Å². The highest BCUT2D eigenvalue weighted by molar-refractivity contribution is 5.97. The van der Waals surface area contributed by atoms with E-state index in [9.17, 15) is 4.79 Å². The molecule has 0 spiro atoms. The predicted molar refractivity (Wildman–Crippen MR) is 105 cm³/mol. The molecule has 4 rings (SSSR count). The van der Waals surface area contributed by atoms with Gasteiger partial charge in [-0.15, -0.1) is 5.10 Å². The van der Waals surface area contributed by atoms with E-state index >= 15 is 0 Å². The number of amides is 1. The van der Waals surface area contributed by atoms with Crippen molar-refractivity contribution in [2.24, 2.45) is 0 Å². The van der Waals surface area contributed by atoms with Gasteiger partial charge in [0.1, 0.15) is 12.4 Å². The fraction of sp³-hybridized carbons (Fsp3) is 0.273. The first kappa shape index (κ1) is 18.1. The summed E-state index contributed by atoms with van der Waals surface area (Å²) in [6.45, 7) is 4.66. The first-order valence-corrected chi connectivity index (χ1v) is 9.49. The fourth-order valence-electron chi connectivity index (χ4n) is 3.31. The molecule has 2 aromatic carbocycles. The van der Waals surface area contributed by atoms with E-state index < -0.39 is 0 Å². The summed E-state index contributed by atoms with van der Waals surface area (Å²) in [4.78, 5) is 14.8. The van der Waals surface area contributed by atoms with Crippen molar-refractivity contribution in [1.82, 2.24) is 14.7 Å². The zero-order valence-electron chi connectivity index (χ0n) is 15.9. The Kier molecular flexibility index (Phi) is 5.28. The van der Waals surface area contributed by atoms with Crippen LogP contribution in [0.4, 0.5) is 0 Å². The van der Waals surface area contributed by atoms with Gasteiger partial charge in [-0.1, -0.05) is 42.5 Å². The van der Waals surface area contributed by atoms with E-state index in [1.807, 2.05) is 77.2 Å². The predicted octanol–water partition coefficient (Wildman–Crippen LogP) is 3.52. The highest BCUT2D eigenvalue weighted by atomic mass is 16.5. The molecule has 1 aromatic heterocycles. The average molecular weight is 377 g/mol. The summed E-state index contributed by atoms with van der Waals surface area (Å²) in [6, 6.07) is 19.3. The summed E-state index contributed by atoms with van der Waals surface area (Å²) in [7, 11) is 0.